The summed E-state index contributed by atoms with van der Waals surface area (Å²) < 4.78 is 5.50. The van der Waals surface area contributed by atoms with Crippen LogP contribution in [0, 0.1) is 11.8 Å². The van der Waals surface area contributed by atoms with Gasteiger partial charge < -0.3 is 15.8 Å². The Hall–Kier alpha value is -3.78. The molecule has 1 aromatic heterocycles. The number of ether oxygens (including phenoxy) is 1. The van der Waals surface area contributed by atoms with Crippen molar-refractivity contribution in [2.45, 2.75) is 12.3 Å². The van der Waals surface area contributed by atoms with Crippen LogP contribution in [-0.2, 0) is 4.74 Å². The van der Waals surface area contributed by atoms with Gasteiger partial charge in [-0.2, -0.15) is 0 Å². The fourth-order valence-corrected chi connectivity index (χ4v) is 3.52. The van der Waals surface area contributed by atoms with Crippen LogP contribution in [0.4, 0.5) is 10.6 Å². The van der Waals surface area contributed by atoms with Gasteiger partial charge in [0.05, 0.1) is 0 Å². The lowest BCUT2D eigenvalue weighted by Crippen LogP contribution is -2.26. The van der Waals surface area contributed by atoms with Crippen molar-refractivity contribution >= 4 is 11.9 Å². The number of nitrogen functional groups attached to an aromatic ring is 1. The zero-order chi connectivity index (χ0) is 20.1. The van der Waals surface area contributed by atoms with Crippen molar-refractivity contribution in [1.29, 1.82) is 0 Å². The van der Waals surface area contributed by atoms with E-state index >= 15 is 0 Å². The van der Waals surface area contributed by atoms with Gasteiger partial charge >= 0.3 is 6.09 Å². The molecule has 0 aliphatic heterocycles. The summed E-state index contributed by atoms with van der Waals surface area (Å²) in [7, 11) is 0. The van der Waals surface area contributed by atoms with E-state index in [1.807, 2.05) is 30.3 Å². The Balaban J connectivity index is 1.29. The van der Waals surface area contributed by atoms with Crippen LogP contribution in [0.15, 0.2) is 66.9 Å². The highest BCUT2D eigenvalue weighted by atomic mass is 16.5. The molecule has 3 aromatic rings. The molecule has 29 heavy (non-hydrogen) atoms. The minimum absolute atomic E-state index is 0.0611. The maximum absolute atomic E-state index is 12.1. The zero-order valence-electron chi connectivity index (χ0n) is 15.9. The van der Waals surface area contributed by atoms with Gasteiger partial charge in [-0.15, -0.1) is 0 Å². The topological polar surface area (TPSA) is 77.2 Å². The predicted molar refractivity (Wildman–Crippen MR) is 113 cm³/mol. The van der Waals surface area contributed by atoms with Crippen LogP contribution in [0.2, 0.25) is 0 Å². The van der Waals surface area contributed by atoms with Crippen molar-refractivity contribution in [3.63, 3.8) is 0 Å². The first-order chi connectivity index (χ1) is 14.2. The minimum atomic E-state index is -0.428. The molecule has 3 N–H and O–H groups in total. The Morgan fingerprint density at radius 1 is 1.03 bits per heavy atom. The van der Waals surface area contributed by atoms with Crippen LogP contribution in [0.25, 0.3) is 11.1 Å². The van der Waals surface area contributed by atoms with Crippen LogP contribution < -0.4 is 11.1 Å². The molecule has 0 saturated carbocycles. The molecular formula is C24H21N3O2. The number of nitrogens with zero attached hydrogens (tertiary/aromatic N) is 1. The standard InChI is InChI=1S/C24H21N3O2/c25-23-13-12-17(15-27-23)7-5-6-14-26-24(28)29-16-22-20-10-3-1-8-18(20)19-9-2-4-11-21(19)22/h1-4,8-13,15,22H,6,14,16H2,(H2,25,27)(H,26,28). The molecule has 0 atom stereocenters. The number of nitrogens with one attached hydrogen (secondary N) is 1. The molecule has 0 fully saturated rings. The minimum Gasteiger partial charge on any atom is -0.449 e. The van der Waals surface area contributed by atoms with Gasteiger partial charge in [0.25, 0.3) is 0 Å². The summed E-state index contributed by atoms with van der Waals surface area (Å²) in [6.07, 6.45) is 1.72. The Morgan fingerprint density at radius 3 is 2.38 bits per heavy atom. The summed E-state index contributed by atoms with van der Waals surface area (Å²) in [5.74, 6) is 6.51. The van der Waals surface area contributed by atoms with Crippen LogP contribution in [0.3, 0.4) is 0 Å². The van der Waals surface area contributed by atoms with E-state index in [9.17, 15) is 4.79 Å². The fourth-order valence-electron chi connectivity index (χ4n) is 3.52. The average Bonchev–Trinajstić information content (AvgIpc) is 3.07. The maximum Gasteiger partial charge on any atom is 0.407 e. The zero-order valence-corrected chi connectivity index (χ0v) is 15.9. The monoisotopic (exact) mass is 383 g/mol. The number of fused-ring (bicyclic) bond motifs is 3. The van der Waals surface area contributed by atoms with Gasteiger partial charge in [-0.3, -0.25) is 0 Å². The van der Waals surface area contributed by atoms with Crippen molar-refractivity contribution in [3.05, 3.63) is 83.6 Å². The van der Waals surface area contributed by atoms with Crippen molar-refractivity contribution in [2.75, 3.05) is 18.9 Å². The smallest absolute Gasteiger partial charge is 0.407 e. The van der Waals surface area contributed by atoms with Crippen molar-refractivity contribution in [3.8, 4) is 23.0 Å². The number of pyridine rings is 1. The molecule has 0 radical (unpaired) electrons. The van der Waals surface area contributed by atoms with Crippen molar-refractivity contribution in [2.24, 2.45) is 0 Å². The Labute approximate surface area is 169 Å². The van der Waals surface area contributed by atoms with E-state index in [1.54, 1.807) is 12.3 Å². The molecule has 1 aliphatic carbocycles. The van der Waals surface area contributed by atoms with Gasteiger partial charge in [-0.1, -0.05) is 60.4 Å². The fraction of sp³-hybridized carbons (Fsp3) is 0.167. The summed E-state index contributed by atoms with van der Waals surface area (Å²) in [4.78, 5) is 16.1. The third-order valence-electron chi connectivity index (χ3n) is 4.88. The molecule has 1 heterocycles. The first-order valence-corrected chi connectivity index (χ1v) is 9.51. The molecule has 0 bridgehead atoms. The predicted octanol–water partition coefficient (Wildman–Crippen LogP) is 3.94. The number of amides is 1. The largest absolute Gasteiger partial charge is 0.449 e. The van der Waals surface area contributed by atoms with Gasteiger partial charge in [-0.25, -0.2) is 9.78 Å². The normalized spacial score (nSPS) is 11.7. The number of hydrogen-bond donors (Lipinski definition) is 2. The SMILES string of the molecule is Nc1ccc(C#CCCNC(=O)OCC2c3ccccc3-c3ccccc32)cn1. The second-order valence-corrected chi connectivity index (χ2v) is 6.78. The highest BCUT2D eigenvalue weighted by Crippen LogP contribution is 2.44. The first-order valence-electron chi connectivity index (χ1n) is 9.51. The van der Waals surface area contributed by atoms with Gasteiger partial charge in [0.1, 0.15) is 12.4 Å². The molecule has 1 aliphatic rings. The van der Waals surface area contributed by atoms with Crippen molar-refractivity contribution in [1.82, 2.24) is 10.3 Å². The molecule has 4 rings (SSSR count). The number of nitrogens with two attached hydrogens (primary N) is 1. The number of rotatable bonds is 4. The Kier molecular flexibility index (Phi) is 5.44. The van der Waals surface area contributed by atoms with Gasteiger partial charge in [-0.05, 0) is 34.4 Å². The number of hydrogen-bond acceptors (Lipinski definition) is 4. The van der Waals surface area contributed by atoms with Gasteiger partial charge in [0.2, 0.25) is 0 Å². The van der Waals surface area contributed by atoms with Crippen LogP contribution in [0.5, 0.6) is 0 Å². The van der Waals surface area contributed by atoms with E-state index in [4.69, 9.17) is 10.5 Å². The molecular weight excluding hydrogens is 362 g/mol. The van der Waals surface area contributed by atoms with Crippen molar-refractivity contribution < 1.29 is 9.53 Å². The summed E-state index contributed by atoms with van der Waals surface area (Å²) in [5.41, 5.74) is 11.2. The second kappa shape index (κ2) is 8.49. The van der Waals surface area contributed by atoms with Crippen LogP contribution >= 0.6 is 0 Å². The van der Waals surface area contributed by atoms with E-state index in [0.717, 1.165) is 5.56 Å². The quantitative estimate of drug-likeness (QED) is 0.528. The third-order valence-corrected chi connectivity index (χ3v) is 4.88. The van der Waals surface area contributed by atoms with E-state index < -0.39 is 6.09 Å². The lowest BCUT2D eigenvalue weighted by Gasteiger charge is -2.14. The summed E-state index contributed by atoms with van der Waals surface area (Å²) in [6, 6.07) is 20.1. The molecule has 2 aromatic carbocycles. The van der Waals surface area contributed by atoms with E-state index in [2.05, 4.69) is 46.4 Å². The number of aromatic nitrogens is 1. The average molecular weight is 383 g/mol. The van der Waals surface area contributed by atoms with E-state index in [0.29, 0.717) is 25.4 Å². The molecule has 5 heteroatoms. The number of anilines is 1. The lowest BCUT2D eigenvalue weighted by atomic mass is 9.98. The Bertz CT molecular complexity index is 1040. The number of alkyl carbamates (subject to hydrolysis) is 1. The molecule has 0 saturated heterocycles. The summed E-state index contributed by atoms with van der Waals surface area (Å²) >= 11 is 0. The first kappa shape index (κ1) is 18.6. The third kappa shape index (κ3) is 4.22. The number of carbonyl (C=O) groups excluding carboxylic acids is 1. The van der Waals surface area contributed by atoms with Gasteiger partial charge in [0.15, 0.2) is 0 Å². The summed E-state index contributed by atoms with van der Waals surface area (Å²) in [5, 5.41) is 2.75. The second-order valence-electron chi connectivity index (χ2n) is 6.78. The molecule has 0 spiro atoms. The molecule has 1 amide bonds. The van der Waals surface area contributed by atoms with E-state index in [1.165, 1.54) is 22.3 Å². The highest BCUT2D eigenvalue weighted by molar-refractivity contribution is 5.79. The highest BCUT2D eigenvalue weighted by Gasteiger charge is 2.28. The maximum atomic E-state index is 12.1. The summed E-state index contributed by atoms with van der Waals surface area (Å²) in [6.45, 7) is 0.731. The molecule has 0 unspecified atom stereocenters. The number of carbonyl (C=O) groups is 1. The van der Waals surface area contributed by atoms with Crippen LogP contribution in [-0.4, -0.2) is 24.2 Å². The van der Waals surface area contributed by atoms with E-state index in [-0.39, 0.29) is 5.92 Å². The van der Waals surface area contributed by atoms with Gasteiger partial charge in [0, 0.05) is 30.6 Å². The molecule has 144 valence electrons. The lowest BCUT2D eigenvalue weighted by molar-refractivity contribution is 0.143. The molecule has 5 nitrogen and oxygen atoms in total. The Morgan fingerprint density at radius 2 is 1.72 bits per heavy atom. The van der Waals surface area contributed by atoms with Crippen LogP contribution in [0.1, 0.15) is 29.0 Å². The number of benzene rings is 2.